The normalized spacial score (nSPS) is 12.5. The van der Waals surface area contributed by atoms with Gasteiger partial charge in [0.15, 0.2) is 0 Å². The maximum absolute atomic E-state index is 6.32. The quantitative estimate of drug-likeness (QED) is 0.605. The van der Waals surface area contributed by atoms with Crippen LogP contribution in [0.4, 0.5) is 0 Å². The summed E-state index contributed by atoms with van der Waals surface area (Å²) in [5.74, 6) is 6.55. The minimum Gasteiger partial charge on any atom is -0.491 e. The second-order valence-electron chi connectivity index (χ2n) is 5.00. The summed E-state index contributed by atoms with van der Waals surface area (Å²) in [6.45, 7) is 3.99. The van der Waals surface area contributed by atoms with Crippen LogP contribution in [0.1, 0.15) is 31.0 Å². The first-order chi connectivity index (χ1) is 10.0. The Hall–Kier alpha value is -1.07. The summed E-state index contributed by atoms with van der Waals surface area (Å²) in [5.41, 5.74) is 4.74. The first kappa shape index (κ1) is 16.3. The van der Waals surface area contributed by atoms with Gasteiger partial charge in [0.05, 0.1) is 12.1 Å². The number of benzene rings is 2. The van der Waals surface area contributed by atoms with E-state index in [-0.39, 0.29) is 12.1 Å². The summed E-state index contributed by atoms with van der Waals surface area (Å²) in [5, 5.41) is 0.655. The van der Waals surface area contributed by atoms with Crippen LogP contribution in [-0.2, 0) is 0 Å². The van der Waals surface area contributed by atoms with Gasteiger partial charge in [0.1, 0.15) is 5.75 Å². The zero-order valence-corrected chi connectivity index (χ0v) is 14.3. The summed E-state index contributed by atoms with van der Waals surface area (Å²) in [6, 6.07) is 13.4. The molecule has 2 aromatic carbocycles. The molecule has 0 aliphatic heterocycles. The number of rotatable bonds is 5. The van der Waals surface area contributed by atoms with Crippen molar-refractivity contribution in [2.45, 2.75) is 26.0 Å². The van der Waals surface area contributed by atoms with E-state index in [9.17, 15) is 0 Å². The number of nitrogens with two attached hydrogens (primary N) is 1. The molecule has 0 amide bonds. The molecule has 5 heteroatoms. The first-order valence-corrected chi connectivity index (χ1v) is 7.86. The lowest BCUT2D eigenvalue weighted by atomic mass is 9.99. The highest BCUT2D eigenvalue weighted by Gasteiger charge is 2.16. The van der Waals surface area contributed by atoms with Gasteiger partial charge in [0.25, 0.3) is 0 Å². The molecule has 0 aliphatic rings. The standard InChI is InChI=1S/C16H18BrClN2O/c1-10(2)21-13-5-3-4-11(8-13)16(20-19)14-7-6-12(17)9-15(14)18/h3-10,16,20H,19H2,1-2H3. The molecule has 3 N–H and O–H groups in total. The molecule has 0 aliphatic carbocycles. The lowest BCUT2D eigenvalue weighted by Gasteiger charge is -2.20. The number of hydrogen-bond acceptors (Lipinski definition) is 3. The maximum Gasteiger partial charge on any atom is 0.120 e. The van der Waals surface area contributed by atoms with Crippen molar-refractivity contribution < 1.29 is 4.74 Å². The first-order valence-electron chi connectivity index (χ1n) is 6.69. The molecule has 0 aromatic heterocycles. The van der Waals surface area contributed by atoms with Crippen LogP contribution in [0.2, 0.25) is 5.02 Å². The molecule has 0 heterocycles. The molecule has 1 unspecified atom stereocenters. The maximum atomic E-state index is 6.32. The van der Waals surface area contributed by atoms with Crippen LogP contribution < -0.4 is 16.0 Å². The molecule has 0 saturated carbocycles. The predicted octanol–water partition coefficient (Wildman–Crippen LogP) is 4.44. The Bertz CT molecular complexity index is 619. The van der Waals surface area contributed by atoms with Gasteiger partial charge in [-0.25, -0.2) is 5.43 Å². The van der Waals surface area contributed by atoms with Crippen LogP contribution in [0.25, 0.3) is 0 Å². The molecule has 0 spiro atoms. The molecular weight excluding hydrogens is 352 g/mol. The Labute approximate surface area is 138 Å². The van der Waals surface area contributed by atoms with Gasteiger partial charge in [-0.2, -0.15) is 0 Å². The smallest absolute Gasteiger partial charge is 0.120 e. The lowest BCUT2D eigenvalue weighted by molar-refractivity contribution is 0.242. The Morgan fingerprint density at radius 1 is 1.19 bits per heavy atom. The Balaban J connectivity index is 2.37. The monoisotopic (exact) mass is 368 g/mol. The third-order valence-electron chi connectivity index (χ3n) is 3.00. The lowest BCUT2D eigenvalue weighted by Crippen LogP contribution is -2.29. The summed E-state index contributed by atoms with van der Waals surface area (Å²) in [4.78, 5) is 0. The van der Waals surface area contributed by atoms with E-state index in [0.717, 1.165) is 21.3 Å². The second kappa shape index (κ2) is 7.27. The van der Waals surface area contributed by atoms with Crippen molar-refractivity contribution in [3.8, 4) is 5.75 Å². The van der Waals surface area contributed by atoms with Crippen molar-refractivity contribution in [3.63, 3.8) is 0 Å². The fourth-order valence-electron chi connectivity index (χ4n) is 2.14. The molecule has 0 fully saturated rings. The van der Waals surface area contributed by atoms with Crippen LogP contribution >= 0.6 is 27.5 Å². The largest absolute Gasteiger partial charge is 0.491 e. The van der Waals surface area contributed by atoms with E-state index in [1.54, 1.807) is 0 Å². The second-order valence-corrected chi connectivity index (χ2v) is 6.33. The van der Waals surface area contributed by atoms with E-state index in [1.807, 2.05) is 56.3 Å². The molecule has 0 bridgehead atoms. The summed E-state index contributed by atoms with van der Waals surface area (Å²) < 4.78 is 6.66. The summed E-state index contributed by atoms with van der Waals surface area (Å²) in [6.07, 6.45) is 0.126. The van der Waals surface area contributed by atoms with E-state index in [2.05, 4.69) is 21.4 Å². The minimum absolute atomic E-state index is 0.126. The number of halogens is 2. The van der Waals surface area contributed by atoms with E-state index < -0.39 is 0 Å². The van der Waals surface area contributed by atoms with Crippen LogP contribution in [0.5, 0.6) is 5.75 Å². The van der Waals surface area contributed by atoms with Gasteiger partial charge >= 0.3 is 0 Å². The van der Waals surface area contributed by atoms with Crippen molar-refractivity contribution in [1.82, 2.24) is 5.43 Å². The van der Waals surface area contributed by atoms with Crippen molar-refractivity contribution >= 4 is 27.5 Å². The molecule has 21 heavy (non-hydrogen) atoms. The Kier molecular flexibility index (Phi) is 5.65. The van der Waals surface area contributed by atoms with Gasteiger partial charge in [0.2, 0.25) is 0 Å². The molecule has 112 valence electrons. The van der Waals surface area contributed by atoms with Crippen molar-refractivity contribution in [1.29, 1.82) is 0 Å². The number of hydrazine groups is 1. The van der Waals surface area contributed by atoms with E-state index in [1.165, 1.54) is 0 Å². The number of hydrogen-bond donors (Lipinski definition) is 2. The van der Waals surface area contributed by atoms with Gasteiger partial charge in [-0.1, -0.05) is 45.7 Å². The van der Waals surface area contributed by atoms with Crippen molar-refractivity contribution in [2.24, 2.45) is 5.84 Å². The molecule has 2 aromatic rings. The average molecular weight is 370 g/mol. The third-order valence-corrected chi connectivity index (χ3v) is 3.82. The van der Waals surface area contributed by atoms with Crippen LogP contribution in [0.15, 0.2) is 46.9 Å². The zero-order chi connectivity index (χ0) is 15.4. The van der Waals surface area contributed by atoms with E-state index in [4.69, 9.17) is 22.2 Å². The minimum atomic E-state index is -0.193. The summed E-state index contributed by atoms with van der Waals surface area (Å²) in [7, 11) is 0. The van der Waals surface area contributed by atoms with E-state index in [0.29, 0.717) is 5.02 Å². The molecule has 0 saturated heterocycles. The third kappa shape index (κ3) is 4.20. The molecule has 0 radical (unpaired) electrons. The molecule has 1 atom stereocenters. The van der Waals surface area contributed by atoms with Gasteiger partial charge in [-0.05, 0) is 49.2 Å². The van der Waals surface area contributed by atoms with Gasteiger partial charge in [-0.3, -0.25) is 5.84 Å². The molecule has 3 nitrogen and oxygen atoms in total. The van der Waals surface area contributed by atoms with Gasteiger partial charge < -0.3 is 4.74 Å². The van der Waals surface area contributed by atoms with Crippen LogP contribution in [0, 0.1) is 0 Å². The highest BCUT2D eigenvalue weighted by molar-refractivity contribution is 9.10. The van der Waals surface area contributed by atoms with Crippen molar-refractivity contribution in [3.05, 3.63) is 63.1 Å². The highest BCUT2D eigenvalue weighted by atomic mass is 79.9. The fourth-order valence-corrected chi connectivity index (χ4v) is 2.92. The Morgan fingerprint density at radius 3 is 2.57 bits per heavy atom. The van der Waals surface area contributed by atoms with Gasteiger partial charge in [-0.15, -0.1) is 0 Å². The van der Waals surface area contributed by atoms with Crippen molar-refractivity contribution in [2.75, 3.05) is 0 Å². The van der Waals surface area contributed by atoms with Crippen LogP contribution in [-0.4, -0.2) is 6.10 Å². The molecular formula is C16H18BrClN2O. The van der Waals surface area contributed by atoms with E-state index >= 15 is 0 Å². The highest BCUT2D eigenvalue weighted by Crippen LogP contribution is 2.31. The summed E-state index contributed by atoms with van der Waals surface area (Å²) >= 11 is 9.73. The van der Waals surface area contributed by atoms with Gasteiger partial charge in [0, 0.05) is 9.50 Å². The number of ether oxygens (including phenoxy) is 1. The SMILES string of the molecule is CC(C)Oc1cccc(C(NN)c2ccc(Br)cc2Cl)c1. The predicted molar refractivity (Wildman–Crippen MR) is 90.5 cm³/mol. The topological polar surface area (TPSA) is 47.3 Å². The fraction of sp³-hybridized carbons (Fsp3) is 0.250. The van der Waals surface area contributed by atoms with Crippen LogP contribution in [0.3, 0.4) is 0 Å². The average Bonchev–Trinajstić information content (AvgIpc) is 2.41. The Morgan fingerprint density at radius 2 is 1.95 bits per heavy atom. The molecule has 2 rings (SSSR count). The zero-order valence-electron chi connectivity index (χ0n) is 11.9. The number of nitrogens with one attached hydrogen (secondary N) is 1.